The van der Waals surface area contributed by atoms with Crippen molar-refractivity contribution in [3.63, 3.8) is 0 Å². The van der Waals surface area contributed by atoms with Crippen molar-refractivity contribution in [1.29, 1.82) is 0 Å². The molecule has 1 saturated heterocycles. The molecule has 5 atom stereocenters. The summed E-state index contributed by atoms with van der Waals surface area (Å²) in [7, 11) is 0. The summed E-state index contributed by atoms with van der Waals surface area (Å²) in [6, 6.07) is -1.02. The zero-order valence-corrected chi connectivity index (χ0v) is 20.7. The lowest BCUT2D eigenvalue weighted by Crippen LogP contribution is -2.66. The Kier molecular flexibility index (Phi) is 13.8. The van der Waals surface area contributed by atoms with E-state index in [1.807, 2.05) is 0 Å². The van der Waals surface area contributed by atoms with Crippen LogP contribution in [0, 0.1) is 0 Å². The highest BCUT2D eigenvalue weighted by atomic mass is 16.7. The molecule has 2 amide bonds. The number of amides is 2. The highest BCUT2D eigenvalue weighted by Gasteiger charge is 2.51. The molecule has 4 unspecified atom stereocenters. The van der Waals surface area contributed by atoms with Crippen LogP contribution >= 0.6 is 0 Å². The Hall–Kier alpha value is -2.77. The summed E-state index contributed by atoms with van der Waals surface area (Å²) in [5.74, 6) is -2.52. The molecule has 1 fully saturated rings. The number of unbranched alkanes of at least 4 members (excludes halogenated alkanes) is 1. The van der Waals surface area contributed by atoms with Gasteiger partial charge in [-0.1, -0.05) is 0 Å². The van der Waals surface area contributed by atoms with E-state index in [2.05, 4.69) is 10.6 Å². The van der Waals surface area contributed by atoms with Gasteiger partial charge in [0, 0.05) is 47.3 Å². The molecule has 1 aliphatic heterocycles. The molecule has 0 spiro atoms. The Morgan fingerprint density at radius 1 is 0.886 bits per heavy atom. The average molecular weight is 504 g/mol. The van der Waals surface area contributed by atoms with Gasteiger partial charge in [0.05, 0.1) is 0 Å². The first-order valence-corrected chi connectivity index (χ1v) is 11.5. The second-order valence-corrected chi connectivity index (χ2v) is 8.04. The van der Waals surface area contributed by atoms with Crippen molar-refractivity contribution in [2.45, 2.75) is 84.0 Å². The van der Waals surface area contributed by atoms with Crippen LogP contribution in [0.4, 0.5) is 0 Å². The zero-order valence-electron chi connectivity index (χ0n) is 20.7. The number of nitrogens with two attached hydrogens (primary N) is 1. The Morgan fingerprint density at radius 3 is 2.11 bits per heavy atom. The SMILES string of the molecule is CC(=O)NC1C(OCCCCC(=O)NCCCN)OC(COC(C)=O)[C@H](OC(C)=O)C1OC(C)=O. The fraction of sp³-hybridized carbons (Fsp3) is 0.773. The van der Waals surface area contributed by atoms with E-state index in [0.717, 1.165) is 6.92 Å². The fourth-order valence-corrected chi connectivity index (χ4v) is 3.44. The van der Waals surface area contributed by atoms with Crippen LogP contribution in [0.15, 0.2) is 0 Å². The van der Waals surface area contributed by atoms with Gasteiger partial charge < -0.3 is 40.1 Å². The number of ether oxygens (including phenoxy) is 5. The Balaban J connectivity index is 2.92. The third-order valence-corrected chi connectivity index (χ3v) is 4.85. The highest BCUT2D eigenvalue weighted by Crippen LogP contribution is 2.28. The quantitative estimate of drug-likeness (QED) is 0.155. The molecule has 13 heteroatoms. The van der Waals surface area contributed by atoms with Crippen LogP contribution in [0.5, 0.6) is 0 Å². The minimum absolute atomic E-state index is 0.0934. The number of hydrogen-bond acceptors (Lipinski definition) is 11. The van der Waals surface area contributed by atoms with Crippen molar-refractivity contribution in [2.24, 2.45) is 5.73 Å². The van der Waals surface area contributed by atoms with E-state index in [4.69, 9.17) is 29.4 Å². The van der Waals surface area contributed by atoms with Crippen molar-refractivity contribution in [2.75, 3.05) is 26.3 Å². The van der Waals surface area contributed by atoms with Gasteiger partial charge in [0.2, 0.25) is 11.8 Å². The Bertz CT molecular complexity index is 732. The molecular weight excluding hydrogens is 466 g/mol. The zero-order chi connectivity index (χ0) is 26.4. The molecule has 0 aromatic rings. The van der Waals surface area contributed by atoms with Gasteiger partial charge in [0.25, 0.3) is 0 Å². The molecule has 0 aliphatic carbocycles. The first-order valence-electron chi connectivity index (χ1n) is 11.5. The van der Waals surface area contributed by atoms with E-state index >= 15 is 0 Å². The fourth-order valence-electron chi connectivity index (χ4n) is 3.44. The number of carbonyl (C=O) groups excluding carboxylic acids is 5. The van der Waals surface area contributed by atoms with E-state index in [1.54, 1.807) is 0 Å². The second-order valence-electron chi connectivity index (χ2n) is 8.04. The monoisotopic (exact) mass is 503 g/mol. The molecule has 0 bridgehead atoms. The lowest BCUT2D eigenvalue weighted by atomic mass is 9.96. The van der Waals surface area contributed by atoms with Crippen LogP contribution < -0.4 is 16.4 Å². The predicted octanol–water partition coefficient (Wildman–Crippen LogP) is -0.706. The van der Waals surface area contributed by atoms with Gasteiger partial charge in [-0.3, -0.25) is 24.0 Å². The standard InChI is InChI=1S/C22H37N3O10/c1-13(26)25-19-21(34-16(4)29)20(33-15(3)28)17(12-32-14(2)27)35-22(19)31-11-6-5-8-18(30)24-10-7-9-23/h17,19-22H,5-12,23H2,1-4H3,(H,24,30)(H,25,26)/t17?,19?,20-,21?,22?/m0/s1. The molecule has 1 heterocycles. The van der Waals surface area contributed by atoms with E-state index in [-0.39, 0.29) is 19.1 Å². The maximum Gasteiger partial charge on any atom is 0.303 e. The van der Waals surface area contributed by atoms with Crippen molar-refractivity contribution in [3.05, 3.63) is 0 Å². The Morgan fingerprint density at radius 2 is 1.54 bits per heavy atom. The van der Waals surface area contributed by atoms with Crippen LogP contribution in [0.25, 0.3) is 0 Å². The highest BCUT2D eigenvalue weighted by molar-refractivity contribution is 5.75. The number of rotatable bonds is 14. The summed E-state index contributed by atoms with van der Waals surface area (Å²) in [6.45, 7) is 5.66. The van der Waals surface area contributed by atoms with E-state index in [1.165, 1.54) is 20.8 Å². The summed E-state index contributed by atoms with van der Waals surface area (Å²) in [5.41, 5.74) is 5.40. The van der Waals surface area contributed by atoms with Crippen LogP contribution in [0.3, 0.4) is 0 Å². The summed E-state index contributed by atoms with van der Waals surface area (Å²) >= 11 is 0. The first kappa shape index (κ1) is 30.3. The van der Waals surface area contributed by atoms with Crippen molar-refractivity contribution in [1.82, 2.24) is 10.6 Å². The van der Waals surface area contributed by atoms with Crippen LogP contribution in [0.2, 0.25) is 0 Å². The predicted molar refractivity (Wildman–Crippen MR) is 120 cm³/mol. The van der Waals surface area contributed by atoms with Crippen molar-refractivity contribution in [3.8, 4) is 0 Å². The molecule has 0 radical (unpaired) electrons. The maximum absolute atomic E-state index is 11.9. The smallest absolute Gasteiger partial charge is 0.303 e. The molecule has 0 saturated carbocycles. The molecule has 4 N–H and O–H groups in total. The topological polar surface area (TPSA) is 182 Å². The van der Waals surface area contributed by atoms with Gasteiger partial charge in [0.1, 0.15) is 18.8 Å². The maximum atomic E-state index is 11.9. The molecule has 35 heavy (non-hydrogen) atoms. The number of carbonyl (C=O) groups is 5. The van der Waals surface area contributed by atoms with Crippen LogP contribution in [0.1, 0.15) is 53.4 Å². The second kappa shape index (κ2) is 16.0. The molecular formula is C22H37N3O10. The number of nitrogens with one attached hydrogen (secondary N) is 2. The third-order valence-electron chi connectivity index (χ3n) is 4.85. The van der Waals surface area contributed by atoms with E-state index in [0.29, 0.717) is 38.8 Å². The summed E-state index contributed by atoms with van der Waals surface area (Å²) in [4.78, 5) is 58.6. The summed E-state index contributed by atoms with van der Waals surface area (Å²) in [6.07, 6.45) is -2.47. The van der Waals surface area contributed by atoms with Crippen molar-refractivity contribution < 1.29 is 47.7 Å². The Labute approximate surface area is 204 Å². The van der Waals surface area contributed by atoms with Gasteiger partial charge in [-0.15, -0.1) is 0 Å². The van der Waals surface area contributed by atoms with E-state index in [9.17, 15) is 24.0 Å². The van der Waals surface area contributed by atoms with E-state index < -0.39 is 54.5 Å². The minimum atomic E-state index is -1.18. The lowest BCUT2D eigenvalue weighted by Gasteiger charge is -2.44. The van der Waals surface area contributed by atoms with Gasteiger partial charge in [-0.2, -0.15) is 0 Å². The molecule has 13 nitrogen and oxygen atoms in total. The van der Waals surface area contributed by atoms with Gasteiger partial charge in [-0.05, 0) is 25.8 Å². The van der Waals surface area contributed by atoms with Gasteiger partial charge >= 0.3 is 17.9 Å². The summed E-state index contributed by atoms with van der Waals surface area (Å²) in [5, 5.41) is 5.39. The normalized spacial score (nSPS) is 23.6. The largest absolute Gasteiger partial charge is 0.463 e. The van der Waals surface area contributed by atoms with Gasteiger partial charge in [-0.25, -0.2) is 0 Å². The molecule has 1 aliphatic rings. The number of hydrogen-bond donors (Lipinski definition) is 3. The van der Waals surface area contributed by atoms with Crippen LogP contribution in [-0.4, -0.2) is 86.7 Å². The molecule has 200 valence electrons. The molecule has 0 aromatic carbocycles. The third kappa shape index (κ3) is 12.0. The average Bonchev–Trinajstić information content (AvgIpc) is 2.75. The molecule has 0 aromatic heterocycles. The van der Waals surface area contributed by atoms with Crippen molar-refractivity contribution >= 4 is 29.7 Å². The number of esters is 3. The minimum Gasteiger partial charge on any atom is -0.463 e. The lowest BCUT2D eigenvalue weighted by molar-refractivity contribution is -0.277. The van der Waals surface area contributed by atoms with Crippen LogP contribution in [-0.2, 0) is 47.7 Å². The first-order chi connectivity index (χ1) is 16.5. The summed E-state index contributed by atoms with van der Waals surface area (Å²) < 4.78 is 27.5. The molecule has 1 rings (SSSR count). The van der Waals surface area contributed by atoms with Gasteiger partial charge in [0.15, 0.2) is 18.5 Å².